The topological polar surface area (TPSA) is 104 Å². The number of aliphatic hydroxyl groups is 2. The monoisotopic (exact) mass is 501 g/mol. The largest absolute Gasteiger partial charge is 0.393 e. The van der Waals surface area contributed by atoms with Gasteiger partial charge in [0.05, 0.1) is 27.4 Å². The fourth-order valence-electron chi connectivity index (χ4n) is 4.50. The van der Waals surface area contributed by atoms with Gasteiger partial charge < -0.3 is 15.5 Å². The van der Waals surface area contributed by atoms with E-state index >= 15 is 0 Å². The van der Waals surface area contributed by atoms with Crippen LogP contribution in [0.4, 0.5) is 14.5 Å². The molecule has 6 nitrogen and oxygen atoms in total. The van der Waals surface area contributed by atoms with Crippen LogP contribution in [0.5, 0.6) is 0 Å². The summed E-state index contributed by atoms with van der Waals surface area (Å²) in [5.41, 5.74) is -1.38. The van der Waals surface area contributed by atoms with Crippen LogP contribution < -0.4 is 5.32 Å². The number of nitrogens with one attached hydrogen (secondary N) is 1. The number of sulfone groups is 1. The minimum atomic E-state index is -3.98. The van der Waals surface area contributed by atoms with Crippen LogP contribution in [0, 0.1) is 23.5 Å². The maximum absolute atomic E-state index is 13.5. The molecule has 3 N–H and O–H groups in total. The maximum atomic E-state index is 13.5. The number of carbonyl (C=O) groups is 1. The Balaban J connectivity index is 1.90. The lowest BCUT2D eigenvalue weighted by Gasteiger charge is -2.46. The number of amides is 1. The highest BCUT2D eigenvalue weighted by Gasteiger charge is 2.49. The highest BCUT2D eigenvalue weighted by Crippen LogP contribution is 2.44. The molecule has 0 aromatic heterocycles. The molecule has 0 radical (unpaired) electrons. The van der Waals surface area contributed by atoms with Crippen molar-refractivity contribution in [2.24, 2.45) is 11.8 Å². The van der Waals surface area contributed by atoms with Crippen molar-refractivity contribution in [1.29, 1.82) is 0 Å². The average molecular weight is 502 g/mol. The number of anilines is 1. The Morgan fingerprint density at radius 3 is 2.48 bits per heavy atom. The summed E-state index contributed by atoms with van der Waals surface area (Å²) in [4.78, 5) is 12.4. The molecule has 3 rings (SSSR count). The molecule has 1 aliphatic rings. The highest BCUT2D eigenvalue weighted by molar-refractivity contribution is 7.92. The van der Waals surface area contributed by atoms with Crippen molar-refractivity contribution in [2.75, 3.05) is 11.9 Å². The standard InChI is InChI=1S/C23H26ClF2NO5S/c1-3-15-10-17(8-13(2)23(15,30)12-28)33(31,32)21-9-14(4-6-18(21)24)22(29)27-16-5-7-19(25)20(26)11-16/h4-7,9,11,13,15,17,28,30H,3,8,10,12H2,1-2H3,(H,27,29)/t13-,15?,17-,23+/m0/s1. The Hall–Kier alpha value is -2.07. The van der Waals surface area contributed by atoms with E-state index in [0.717, 1.165) is 18.2 Å². The summed E-state index contributed by atoms with van der Waals surface area (Å²) in [7, 11) is -3.98. The van der Waals surface area contributed by atoms with Crippen molar-refractivity contribution in [1.82, 2.24) is 0 Å². The smallest absolute Gasteiger partial charge is 0.255 e. The van der Waals surface area contributed by atoms with Gasteiger partial charge in [0.15, 0.2) is 21.5 Å². The predicted molar refractivity (Wildman–Crippen MR) is 121 cm³/mol. The summed E-state index contributed by atoms with van der Waals surface area (Å²) in [5.74, 6) is -3.81. The third-order valence-electron chi connectivity index (χ3n) is 6.59. The fraction of sp³-hybridized carbons (Fsp3) is 0.435. The molecule has 0 saturated heterocycles. The van der Waals surface area contributed by atoms with Crippen LogP contribution in [-0.2, 0) is 9.84 Å². The van der Waals surface area contributed by atoms with E-state index in [2.05, 4.69) is 5.32 Å². The molecule has 1 aliphatic carbocycles. The summed E-state index contributed by atoms with van der Waals surface area (Å²) >= 11 is 6.20. The van der Waals surface area contributed by atoms with Crippen molar-refractivity contribution >= 4 is 33.0 Å². The molecule has 180 valence electrons. The number of hydrogen-bond acceptors (Lipinski definition) is 5. The zero-order valence-corrected chi connectivity index (χ0v) is 19.8. The Morgan fingerprint density at radius 2 is 1.88 bits per heavy atom. The quantitative estimate of drug-likeness (QED) is 0.550. The summed E-state index contributed by atoms with van der Waals surface area (Å²) in [5, 5.41) is 22.0. The highest BCUT2D eigenvalue weighted by atomic mass is 35.5. The Labute approximate surface area is 196 Å². The van der Waals surface area contributed by atoms with Gasteiger partial charge in [0.25, 0.3) is 5.91 Å². The van der Waals surface area contributed by atoms with Crippen molar-refractivity contribution in [3.05, 3.63) is 58.6 Å². The van der Waals surface area contributed by atoms with E-state index in [-0.39, 0.29) is 34.0 Å². The van der Waals surface area contributed by atoms with Crippen LogP contribution >= 0.6 is 11.6 Å². The van der Waals surface area contributed by atoms with Crippen LogP contribution in [0.2, 0.25) is 5.02 Å². The van der Waals surface area contributed by atoms with E-state index in [9.17, 15) is 32.2 Å². The summed E-state index contributed by atoms with van der Waals surface area (Å²) < 4.78 is 53.5. The normalized spacial score (nSPS) is 25.6. The molecule has 2 aromatic carbocycles. The summed E-state index contributed by atoms with van der Waals surface area (Å²) in [6.07, 6.45) is 0.747. The van der Waals surface area contributed by atoms with E-state index in [1.54, 1.807) is 6.92 Å². The number of carbonyl (C=O) groups excluding carboxylic acids is 1. The second kappa shape index (κ2) is 9.66. The molecular formula is C23H26ClF2NO5S. The molecule has 0 aliphatic heterocycles. The lowest BCUT2D eigenvalue weighted by Crippen LogP contribution is -2.54. The SMILES string of the molecule is CCC1C[C@@H](S(=O)(=O)c2cc(C(=O)Nc3ccc(F)c(F)c3)ccc2Cl)C[C@H](C)[C@]1(O)CO. The van der Waals surface area contributed by atoms with Crippen LogP contribution in [0.15, 0.2) is 41.3 Å². The Bertz CT molecular complexity index is 1160. The molecule has 10 heteroatoms. The van der Waals surface area contributed by atoms with Crippen LogP contribution in [0.3, 0.4) is 0 Å². The van der Waals surface area contributed by atoms with Crippen molar-refractivity contribution in [2.45, 2.75) is 48.9 Å². The number of benzene rings is 2. The first kappa shape index (κ1) is 25.6. The first-order valence-electron chi connectivity index (χ1n) is 10.6. The molecule has 0 spiro atoms. The van der Waals surface area contributed by atoms with Gasteiger partial charge in [0.1, 0.15) is 0 Å². The minimum absolute atomic E-state index is 0.00781. The maximum Gasteiger partial charge on any atom is 0.255 e. The Morgan fingerprint density at radius 1 is 1.18 bits per heavy atom. The van der Waals surface area contributed by atoms with Gasteiger partial charge in [-0.3, -0.25) is 4.79 Å². The van der Waals surface area contributed by atoms with Gasteiger partial charge in [-0.25, -0.2) is 17.2 Å². The zero-order chi connectivity index (χ0) is 24.6. The van der Waals surface area contributed by atoms with Crippen molar-refractivity contribution in [3.63, 3.8) is 0 Å². The van der Waals surface area contributed by atoms with Crippen LogP contribution in [-0.4, -0.2) is 42.0 Å². The number of aliphatic hydroxyl groups excluding tert-OH is 1. The summed E-state index contributed by atoms with van der Waals surface area (Å²) in [6.45, 7) is 3.07. The molecule has 33 heavy (non-hydrogen) atoms. The van der Waals surface area contributed by atoms with Gasteiger partial charge in [-0.2, -0.15) is 0 Å². The second-order valence-corrected chi connectivity index (χ2v) is 11.1. The lowest BCUT2D eigenvalue weighted by atomic mass is 9.68. The van der Waals surface area contributed by atoms with E-state index in [1.165, 1.54) is 18.2 Å². The van der Waals surface area contributed by atoms with Gasteiger partial charge in [0.2, 0.25) is 0 Å². The number of rotatable bonds is 6. The van der Waals surface area contributed by atoms with Crippen LogP contribution in [0.25, 0.3) is 0 Å². The first-order valence-corrected chi connectivity index (χ1v) is 12.5. The van der Waals surface area contributed by atoms with Gasteiger partial charge in [0, 0.05) is 17.3 Å². The molecule has 1 unspecified atom stereocenters. The van der Waals surface area contributed by atoms with Gasteiger partial charge >= 0.3 is 0 Å². The molecule has 0 heterocycles. The van der Waals surface area contributed by atoms with Crippen LogP contribution in [0.1, 0.15) is 43.5 Å². The molecule has 1 saturated carbocycles. The molecule has 1 amide bonds. The molecule has 1 fully saturated rings. The number of hydrogen-bond donors (Lipinski definition) is 3. The van der Waals surface area contributed by atoms with Gasteiger partial charge in [-0.15, -0.1) is 0 Å². The molecule has 0 bridgehead atoms. The average Bonchev–Trinajstić information content (AvgIpc) is 2.77. The summed E-state index contributed by atoms with van der Waals surface area (Å²) in [6, 6.07) is 6.65. The predicted octanol–water partition coefficient (Wildman–Crippen LogP) is 4.19. The zero-order valence-electron chi connectivity index (χ0n) is 18.2. The van der Waals surface area contributed by atoms with Gasteiger partial charge in [-0.05, 0) is 55.0 Å². The van der Waals surface area contributed by atoms with Gasteiger partial charge in [-0.1, -0.05) is 31.9 Å². The van der Waals surface area contributed by atoms with E-state index in [4.69, 9.17) is 11.6 Å². The number of halogens is 3. The van der Waals surface area contributed by atoms with Crippen molar-refractivity contribution < 1.29 is 32.2 Å². The molecule has 2 aromatic rings. The fourth-order valence-corrected chi connectivity index (χ4v) is 6.95. The third-order valence-corrected chi connectivity index (χ3v) is 9.24. The minimum Gasteiger partial charge on any atom is -0.393 e. The van der Waals surface area contributed by atoms with E-state index in [1.807, 2.05) is 6.92 Å². The van der Waals surface area contributed by atoms with E-state index in [0.29, 0.717) is 6.42 Å². The van der Waals surface area contributed by atoms with Crippen molar-refractivity contribution in [3.8, 4) is 0 Å². The molecule has 4 atom stereocenters. The second-order valence-electron chi connectivity index (χ2n) is 8.52. The Kier molecular flexibility index (Phi) is 7.48. The molecular weight excluding hydrogens is 476 g/mol. The third kappa shape index (κ3) is 4.91. The lowest BCUT2D eigenvalue weighted by molar-refractivity contribution is -0.120. The first-order chi connectivity index (χ1) is 15.4. The van der Waals surface area contributed by atoms with E-state index < -0.39 is 56.7 Å².